The molecule has 33 heavy (non-hydrogen) atoms. The summed E-state index contributed by atoms with van der Waals surface area (Å²) in [4.78, 5) is 31.5. The Hall–Kier alpha value is -2.04. The van der Waals surface area contributed by atoms with Crippen LogP contribution in [0.5, 0.6) is 0 Å². The molecule has 0 saturated carbocycles. The molecule has 1 atom stereocenters. The summed E-state index contributed by atoms with van der Waals surface area (Å²) in [5, 5.41) is 21.7. The van der Waals surface area contributed by atoms with E-state index in [9.17, 15) is 19.8 Å². The minimum Gasteiger partial charge on any atom is -0.480 e. The Kier molecular flexibility index (Phi) is 11.8. The number of carboxylic acids is 2. The van der Waals surface area contributed by atoms with E-state index in [1.54, 1.807) is 0 Å². The first-order chi connectivity index (χ1) is 15.7. The summed E-state index contributed by atoms with van der Waals surface area (Å²) in [7, 11) is 4.20. The van der Waals surface area contributed by atoms with E-state index in [0.29, 0.717) is 19.6 Å². The van der Waals surface area contributed by atoms with Crippen molar-refractivity contribution in [3.63, 3.8) is 0 Å². The number of carbonyl (C=O) groups is 2. The van der Waals surface area contributed by atoms with Gasteiger partial charge in [0.25, 0.3) is 0 Å². The van der Waals surface area contributed by atoms with E-state index in [1.807, 2.05) is 4.90 Å². The highest BCUT2D eigenvalue weighted by atomic mass is 16.4. The highest BCUT2D eigenvalue weighted by molar-refractivity contribution is 5.69. The maximum absolute atomic E-state index is 11.4. The molecule has 1 heterocycles. The Bertz CT molecular complexity index is 730. The molecule has 186 valence electrons. The number of nitrogens with zero attached hydrogens (tertiary/aromatic N) is 4. The van der Waals surface area contributed by atoms with E-state index >= 15 is 0 Å². The highest BCUT2D eigenvalue weighted by Crippen LogP contribution is 2.08. The molecule has 0 bridgehead atoms. The van der Waals surface area contributed by atoms with Crippen LogP contribution in [0.4, 0.5) is 0 Å². The molecule has 0 spiro atoms. The lowest BCUT2D eigenvalue weighted by molar-refractivity contribution is -0.138. The van der Waals surface area contributed by atoms with Crippen molar-refractivity contribution in [2.75, 3.05) is 86.1 Å². The lowest BCUT2D eigenvalue weighted by atomic mass is 10.0. The van der Waals surface area contributed by atoms with Crippen LogP contribution in [-0.4, -0.2) is 134 Å². The van der Waals surface area contributed by atoms with Gasteiger partial charge in [-0.15, -0.1) is 0 Å². The van der Waals surface area contributed by atoms with Gasteiger partial charge in [0.2, 0.25) is 0 Å². The first-order valence-corrected chi connectivity index (χ1v) is 11.8. The van der Waals surface area contributed by atoms with Crippen LogP contribution in [0.1, 0.15) is 11.1 Å². The lowest BCUT2D eigenvalue weighted by Crippen LogP contribution is -2.49. The molecule has 1 fully saturated rings. The normalized spacial score (nSPS) is 19.5. The third-order valence-corrected chi connectivity index (χ3v) is 6.17. The molecular weight excluding hydrogens is 422 g/mol. The van der Waals surface area contributed by atoms with Crippen LogP contribution in [0.3, 0.4) is 0 Å². The number of hydrogen-bond donors (Lipinski definition) is 3. The van der Waals surface area contributed by atoms with Crippen molar-refractivity contribution in [1.29, 1.82) is 0 Å². The Morgan fingerprint density at radius 3 is 1.94 bits per heavy atom. The van der Waals surface area contributed by atoms with Crippen molar-refractivity contribution in [2.24, 2.45) is 0 Å². The highest BCUT2D eigenvalue weighted by Gasteiger charge is 2.19. The van der Waals surface area contributed by atoms with E-state index in [0.717, 1.165) is 45.7 Å². The zero-order chi connectivity index (χ0) is 24.2. The molecule has 1 aliphatic rings. The van der Waals surface area contributed by atoms with Gasteiger partial charge < -0.3 is 25.3 Å². The van der Waals surface area contributed by atoms with Crippen LogP contribution in [0, 0.1) is 6.92 Å². The summed E-state index contributed by atoms with van der Waals surface area (Å²) in [6, 6.07) is 8.34. The van der Waals surface area contributed by atoms with Gasteiger partial charge in [0, 0.05) is 64.9 Å². The number of benzene rings is 1. The van der Waals surface area contributed by atoms with Gasteiger partial charge in [-0.05, 0) is 33.0 Å². The summed E-state index contributed by atoms with van der Waals surface area (Å²) in [5.41, 5.74) is 2.37. The third-order valence-electron chi connectivity index (χ3n) is 6.17. The van der Waals surface area contributed by atoms with Crippen LogP contribution in [0.25, 0.3) is 0 Å². The maximum Gasteiger partial charge on any atom is 0.317 e. The summed E-state index contributed by atoms with van der Waals surface area (Å²) in [6.07, 6.45) is 0.740. The van der Waals surface area contributed by atoms with E-state index < -0.39 is 11.9 Å². The molecule has 9 heteroatoms. The Balaban J connectivity index is 2.10. The smallest absolute Gasteiger partial charge is 0.317 e. The van der Waals surface area contributed by atoms with E-state index in [2.05, 4.69) is 65.3 Å². The fraction of sp³-hybridized carbons (Fsp3) is 0.667. The van der Waals surface area contributed by atoms with Crippen molar-refractivity contribution in [3.8, 4) is 0 Å². The molecule has 2 rings (SSSR count). The van der Waals surface area contributed by atoms with Crippen LogP contribution < -0.4 is 5.32 Å². The average molecular weight is 464 g/mol. The van der Waals surface area contributed by atoms with Crippen LogP contribution >= 0.6 is 0 Å². The number of aliphatic carboxylic acids is 2. The molecule has 0 aromatic heterocycles. The molecular formula is C24H41N5O4. The standard InChI is InChI=1S/C24H41N5O4/c1-20-4-6-21(7-5-20)16-22(25-17-23(30)31)18-28-12-10-26(2)8-9-27(3)11-13-29(15-14-28)19-24(32)33/h4-7,22,25H,8-19H2,1-3H3,(H,30,31)(H,32,33). The van der Waals surface area contributed by atoms with Gasteiger partial charge in [-0.25, -0.2) is 0 Å². The van der Waals surface area contributed by atoms with Gasteiger partial charge in [0.1, 0.15) is 0 Å². The third kappa shape index (κ3) is 11.6. The number of likely N-dealkylation sites (N-methyl/N-ethyl adjacent to an activating group) is 2. The number of aryl methyl sites for hydroxylation is 1. The van der Waals surface area contributed by atoms with Crippen LogP contribution in [0.2, 0.25) is 0 Å². The van der Waals surface area contributed by atoms with Crippen molar-refractivity contribution in [3.05, 3.63) is 35.4 Å². The second-order valence-electron chi connectivity index (χ2n) is 9.24. The average Bonchev–Trinajstić information content (AvgIpc) is 2.76. The molecule has 0 amide bonds. The second kappa shape index (κ2) is 14.3. The summed E-state index contributed by atoms with van der Waals surface area (Å²) >= 11 is 0. The van der Waals surface area contributed by atoms with Gasteiger partial charge in [0.15, 0.2) is 0 Å². The summed E-state index contributed by atoms with van der Waals surface area (Å²) in [5.74, 6) is -1.68. The zero-order valence-corrected chi connectivity index (χ0v) is 20.4. The molecule has 9 nitrogen and oxygen atoms in total. The van der Waals surface area contributed by atoms with Gasteiger partial charge in [-0.2, -0.15) is 0 Å². The number of rotatable bonds is 9. The predicted octanol–water partition coefficient (Wildman–Crippen LogP) is 0.146. The Morgan fingerprint density at radius 2 is 1.36 bits per heavy atom. The molecule has 1 aromatic rings. The molecule has 0 aliphatic carbocycles. The number of carboxylic acid groups (broad SMARTS) is 2. The van der Waals surface area contributed by atoms with E-state index in [1.165, 1.54) is 11.1 Å². The van der Waals surface area contributed by atoms with Gasteiger partial charge in [-0.3, -0.25) is 19.4 Å². The van der Waals surface area contributed by atoms with Crippen molar-refractivity contribution < 1.29 is 19.8 Å². The van der Waals surface area contributed by atoms with Crippen LogP contribution in [-0.2, 0) is 16.0 Å². The molecule has 1 aromatic carbocycles. The molecule has 1 saturated heterocycles. The van der Waals surface area contributed by atoms with Crippen molar-refractivity contribution in [1.82, 2.24) is 24.9 Å². The molecule has 1 unspecified atom stereocenters. The Morgan fingerprint density at radius 1 is 0.848 bits per heavy atom. The quantitative estimate of drug-likeness (QED) is 0.472. The largest absolute Gasteiger partial charge is 0.480 e. The van der Waals surface area contributed by atoms with Gasteiger partial charge in [-0.1, -0.05) is 29.8 Å². The number of hydrogen-bond acceptors (Lipinski definition) is 7. The molecule has 3 N–H and O–H groups in total. The zero-order valence-electron chi connectivity index (χ0n) is 20.4. The minimum absolute atomic E-state index is 0.0129. The predicted molar refractivity (Wildman–Crippen MR) is 130 cm³/mol. The minimum atomic E-state index is -0.867. The van der Waals surface area contributed by atoms with Crippen molar-refractivity contribution >= 4 is 11.9 Å². The summed E-state index contributed by atoms with van der Waals surface area (Å²) in [6.45, 7) is 9.30. The second-order valence-corrected chi connectivity index (χ2v) is 9.24. The molecule has 1 aliphatic heterocycles. The van der Waals surface area contributed by atoms with E-state index in [-0.39, 0.29) is 19.1 Å². The topological polar surface area (TPSA) is 99.6 Å². The maximum atomic E-state index is 11.4. The van der Waals surface area contributed by atoms with Crippen molar-refractivity contribution in [2.45, 2.75) is 19.4 Å². The first-order valence-electron chi connectivity index (χ1n) is 11.8. The van der Waals surface area contributed by atoms with Crippen LogP contribution in [0.15, 0.2) is 24.3 Å². The first kappa shape index (κ1) is 27.2. The number of nitrogens with one attached hydrogen (secondary N) is 1. The van der Waals surface area contributed by atoms with Gasteiger partial charge >= 0.3 is 11.9 Å². The summed E-state index contributed by atoms with van der Waals surface area (Å²) < 4.78 is 0. The lowest BCUT2D eigenvalue weighted by Gasteiger charge is -2.33. The monoisotopic (exact) mass is 463 g/mol. The SMILES string of the molecule is Cc1ccc(CC(CN2CCN(C)CCN(C)CCN(CC(=O)O)CC2)NCC(=O)O)cc1. The fourth-order valence-corrected chi connectivity index (χ4v) is 3.98. The van der Waals surface area contributed by atoms with E-state index in [4.69, 9.17) is 0 Å². The fourth-order valence-electron chi connectivity index (χ4n) is 3.98. The Labute approximate surface area is 197 Å². The van der Waals surface area contributed by atoms with Gasteiger partial charge in [0.05, 0.1) is 13.1 Å². The molecule has 0 radical (unpaired) electrons.